The minimum absolute atomic E-state index is 0.0184. The summed E-state index contributed by atoms with van der Waals surface area (Å²) in [5.74, 6) is -0.886. The highest BCUT2D eigenvalue weighted by molar-refractivity contribution is 7.80. The topological polar surface area (TPSA) is 52.7 Å². The Balaban J connectivity index is 1.66. The molecule has 1 N–H and O–H groups in total. The number of likely N-dealkylation sites (N-methyl/N-ethyl adjacent to an activating group) is 1. The van der Waals surface area contributed by atoms with E-state index < -0.39 is 6.04 Å². The zero-order chi connectivity index (χ0) is 19.4. The van der Waals surface area contributed by atoms with E-state index in [1.807, 2.05) is 30.3 Å². The molecule has 2 aromatic rings. The van der Waals surface area contributed by atoms with Gasteiger partial charge in [0.2, 0.25) is 5.91 Å². The van der Waals surface area contributed by atoms with Crippen LogP contribution in [0.3, 0.4) is 0 Å². The number of nitrogens with zero attached hydrogens (tertiary/aromatic N) is 2. The second kappa shape index (κ2) is 8.26. The Morgan fingerprint density at radius 2 is 1.81 bits per heavy atom. The van der Waals surface area contributed by atoms with Crippen LogP contribution >= 0.6 is 12.2 Å². The van der Waals surface area contributed by atoms with E-state index in [1.165, 1.54) is 29.2 Å². The first-order chi connectivity index (χ1) is 13.0. The molecule has 7 heteroatoms. The Morgan fingerprint density at radius 3 is 2.48 bits per heavy atom. The Bertz CT molecular complexity index is 842. The summed E-state index contributed by atoms with van der Waals surface area (Å²) in [6, 6.07) is 14.8. The number of amides is 2. The highest BCUT2D eigenvalue weighted by Crippen LogP contribution is 2.21. The molecule has 1 unspecified atom stereocenters. The molecule has 2 aromatic carbocycles. The lowest BCUT2D eigenvalue weighted by molar-refractivity contribution is -0.130. The average Bonchev–Trinajstić information content (AvgIpc) is 2.86. The lowest BCUT2D eigenvalue weighted by Crippen LogP contribution is -2.39. The molecular weight excluding hydrogens is 365 g/mol. The number of rotatable bonds is 6. The second-order valence-corrected chi connectivity index (χ2v) is 6.75. The van der Waals surface area contributed by atoms with Crippen molar-refractivity contribution in [3.8, 4) is 0 Å². The quantitative estimate of drug-likeness (QED) is 0.777. The first-order valence-electron chi connectivity index (χ1n) is 8.63. The van der Waals surface area contributed by atoms with Gasteiger partial charge < -0.3 is 10.2 Å². The first-order valence-corrected chi connectivity index (χ1v) is 9.04. The monoisotopic (exact) mass is 385 g/mol. The van der Waals surface area contributed by atoms with Gasteiger partial charge in [-0.2, -0.15) is 0 Å². The molecule has 5 nitrogen and oxygen atoms in total. The Morgan fingerprint density at radius 1 is 1.15 bits per heavy atom. The van der Waals surface area contributed by atoms with Crippen LogP contribution in [0.2, 0.25) is 0 Å². The fraction of sp³-hybridized carbons (Fsp3) is 0.250. The molecule has 0 saturated carbocycles. The maximum Gasteiger partial charge on any atom is 0.251 e. The first kappa shape index (κ1) is 19.0. The number of thiocarbonyl (C=S) groups is 1. The summed E-state index contributed by atoms with van der Waals surface area (Å²) in [4.78, 5) is 28.1. The summed E-state index contributed by atoms with van der Waals surface area (Å²) >= 11 is 5.39. The summed E-state index contributed by atoms with van der Waals surface area (Å²) < 4.78 is 13.0. The molecule has 1 saturated heterocycles. The molecule has 0 bridgehead atoms. The van der Waals surface area contributed by atoms with Crippen LogP contribution < -0.4 is 5.32 Å². The lowest BCUT2D eigenvalue weighted by atomic mass is 10.1. The zero-order valence-corrected chi connectivity index (χ0v) is 15.7. The normalized spacial score (nSPS) is 16.7. The Kier molecular flexibility index (Phi) is 5.81. The SMILES string of the molecule is CN1C(=O)C(CC(=O)Nc2ccc(F)cc2)N(CCc2ccccc2)C1=S. The number of benzene rings is 2. The van der Waals surface area contributed by atoms with Crippen molar-refractivity contribution < 1.29 is 14.0 Å². The van der Waals surface area contributed by atoms with Crippen LogP contribution in [0.15, 0.2) is 54.6 Å². The van der Waals surface area contributed by atoms with Crippen molar-refractivity contribution in [1.29, 1.82) is 0 Å². The van der Waals surface area contributed by atoms with Gasteiger partial charge in [0.25, 0.3) is 5.91 Å². The number of halogens is 1. The van der Waals surface area contributed by atoms with Crippen molar-refractivity contribution in [1.82, 2.24) is 9.80 Å². The molecule has 0 radical (unpaired) electrons. The van der Waals surface area contributed by atoms with Gasteiger partial charge in [-0.05, 0) is 48.5 Å². The van der Waals surface area contributed by atoms with Gasteiger partial charge in [0, 0.05) is 19.3 Å². The van der Waals surface area contributed by atoms with E-state index in [0.29, 0.717) is 17.3 Å². The van der Waals surface area contributed by atoms with Gasteiger partial charge in [-0.25, -0.2) is 4.39 Å². The molecule has 2 amide bonds. The van der Waals surface area contributed by atoms with E-state index in [2.05, 4.69) is 5.32 Å². The minimum Gasteiger partial charge on any atom is -0.336 e. The van der Waals surface area contributed by atoms with Crippen molar-refractivity contribution in [2.45, 2.75) is 18.9 Å². The average molecular weight is 385 g/mol. The fourth-order valence-corrected chi connectivity index (χ4v) is 3.35. The molecular formula is C20H20FN3O2S. The van der Waals surface area contributed by atoms with Gasteiger partial charge in [0.1, 0.15) is 11.9 Å². The van der Waals surface area contributed by atoms with Crippen LogP contribution in [-0.4, -0.2) is 46.4 Å². The zero-order valence-electron chi connectivity index (χ0n) is 14.9. The molecule has 3 rings (SSSR count). The van der Waals surface area contributed by atoms with Crippen LogP contribution in [0.1, 0.15) is 12.0 Å². The molecule has 1 fully saturated rings. The van der Waals surface area contributed by atoms with E-state index in [1.54, 1.807) is 11.9 Å². The van der Waals surface area contributed by atoms with Crippen molar-refractivity contribution in [2.75, 3.05) is 18.9 Å². The van der Waals surface area contributed by atoms with Crippen molar-refractivity contribution >= 4 is 34.8 Å². The predicted octanol–water partition coefficient (Wildman–Crippen LogP) is 2.82. The van der Waals surface area contributed by atoms with Gasteiger partial charge in [0.15, 0.2) is 5.11 Å². The summed E-state index contributed by atoms with van der Waals surface area (Å²) in [5, 5.41) is 3.12. The van der Waals surface area contributed by atoms with Gasteiger partial charge in [-0.15, -0.1) is 0 Å². The highest BCUT2D eigenvalue weighted by atomic mass is 32.1. The molecule has 1 aliphatic rings. The van der Waals surface area contributed by atoms with Crippen LogP contribution in [0, 0.1) is 5.82 Å². The maximum atomic E-state index is 13.0. The summed E-state index contributed by atoms with van der Waals surface area (Å²) in [6.45, 7) is 0.549. The van der Waals surface area contributed by atoms with Crippen LogP contribution in [-0.2, 0) is 16.0 Å². The number of nitrogens with one attached hydrogen (secondary N) is 1. The van der Waals surface area contributed by atoms with E-state index in [0.717, 1.165) is 12.0 Å². The molecule has 1 atom stereocenters. The standard InChI is InChI=1S/C20H20FN3O2S/c1-23-19(26)17(13-18(25)22-16-9-7-15(21)8-10-16)24(20(23)27)12-11-14-5-3-2-4-6-14/h2-10,17H,11-13H2,1H3,(H,22,25). The third kappa shape index (κ3) is 4.49. The number of carbonyl (C=O) groups excluding carboxylic acids is 2. The third-order valence-corrected chi connectivity index (χ3v) is 5.02. The Hall–Kier alpha value is -2.80. The highest BCUT2D eigenvalue weighted by Gasteiger charge is 2.41. The molecule has 27 heavy (non-hydrogen) atoms. The fourth-order valence-electron chi connectivity index (χ4n) is 3.04. The van der Waals surface area contributed by atoms with Crippen molar-refractivity contribution in [3.63, 3.8) is 0 Å². The number of hydrogen-bond acceptors (Lipinski definition) is 3. The van der Waals surface area contributed by atoms with Gasteiger partial charge in [-0.3, -0.25) is 14.5 Å². The van der Waals surface area contributed by atoms with Crippen LogP contribution in [0.4, 0.5) is 10.1 Å². The van der Waals surface area contributed by atoms with Crippen molar-refractivity contribution in [2.24, 2.45) is 0 Å². The van der Waals surface area contributed by atoms with Gasteiger partial charge in [0.05, 0.1) is 6.42 Å². The van der Waals surface area contributed by atoms with Crippen LogP contribution in [0.5, 0.6) is 0 Å². The summed E-state index contributed by atoms with van der Waals surface area (Å²) in [7, 11) is 1.62. The van der Waals surface area contributed by atoms with Gasteiger partial charge in [-0.1, -0.05) is 30.3 Å². The van der Waals surface area contributed by atoms with Crippen molar-refractivity contribution in [3.05, 3.63) is 66.0 Å². The van der Waals surface area contributed by atoms with Gasteiger partial charge >= 0.3 is 0 Å². The lowest BCUT2D eigenvalue weighted by Gasteiger charge is -2.23. The van der Waals surface area contributed by atoms with Crippen LogP contribution in [0.25, 0.3) is 0 Å². The summed E-state index contributed by atoms with van der Waals surface area (Å²) in [6.07, 6.45) is 0.702. The second-order valence-electron chi connectivity index (χ2n) is 6.38. The molecule has 140 valence electrons. The summed E-state index contributed by atoms with van der Waals surface area (Å²) in [5.41, 5.74) is 1.62. The maximum absolute atomic E-state index is 13.0. The largest absolute Gasteiger partial charge is 0.336 e. The smallest absolute Gasteiger partial charge is 0.251 e. The van der Waals surface area contributed by atoms with E-state index in [9.17, 15) is 14.0 Å². The number of carbonyl (C=O) groups is 2. The third-order valence-electron chi connectivity index (χ3n) is 4.52. The van der Waals surface area contributed by atoms with E-state index in [4.69, 9.17) is 12.2 Å². The molecule has 1 aliphatic heterocycles. The minimum atomic E-state index is -0.633. The number of anilines is 1. The molecule has 0 aromatic heterocycles. The predicted molar refractivity (Wildman–Crippen MR) is 106 cm³/mol. The van der Waals surface area contributed by atoms with E-state index >= 15 is 0 Å². The number of hydrogen-bond donors (Lipinski definition) is 1. The van der Waals surface area contributed by atoms with E-state index in [-0.39, 0.29) is 24.1 Å². The Labute approximate surface area is 162 Å². The molecule has 1 heterocycles. The molecule has 0 aliphatic carbocycles. The molecule has 0 spiro atoms.